The second-order valence-corrected chi connectivity index (χ2v) is 7.15. The highest BCUT2D eigenvalue weighted by atomic mass is 16.1. The summed E-state index contributed by atoms with van der Waals surface area (Å²) in [5, 5.41) is 0. The van der Waals surface area contributed by atoms with Crippen LogP contribution >= 0.6 is 0 Å². The van der Waals surface area contributed by atoms with Crippen LogP contribution in [0.5, 0.6) is 0 Å². The molecule has 24 heavy (non-hydrogen) atoms. The van der Waals surface area contributed by atoms with E-state index in [0.717, 1.165) is 11.1 Å². The lowest BCUT2D eigenvalue weighted by Crippen LogP contribution is -2.67. The summed E-state index contributed by atoms with van der Waals surface area (Å²) in [6.07, 6.45) is 2.24. The molecule has 0 radical (unpaired) electrons. The molecule has 2 aromatic carbocycles. The molecule has 0 heterocycles. The Morgan fingerprint density at radius 2 is 1.38 bits per heavy atom. The van der Waals surface area contributed by atoms with Gasteiger partial charge in [-0.25, -0.2) is 0 Å². The van der Waals surface area contributed by atoms with Crippen LogP contribution in [-0.4, -0.2) is 11.6 Å². The van der Waals surface area contributed by atoms with Crippen molar-refractivity contribution < 1.29 is 9.59 Å². The molecular formula is C22H20O2. The largest absolute Gasteiger partial charge is 0.294 e. The molecule has 1 saturated carbocycles. The van der Waals surface area contributed by atoms with Crippen LogP contribution in [0.2, 0.25) is 0 Å². The predicted molar refractivity (Wildman–Crippen MR) is 93.6 cm³/mol. The number of Topliss-reactive ketones (excluding diaryl/α,β-unsaturated/α-hetero) is 1. The highest BCUT2D eigenvalue weighted by Crippen LogP contribution is 2.67. The Hall–Kier alpha value is -2.48. The van der Waals surface area contributed by atoms with Crippen LogP contribution in [0.4, 0.5) is 0 Å². The maximum atomic E-state index is 13.1. The Morgan fingerprint density at radius 3 is 1.88 bits per heavy atom. The van der Waals surface area contributed by atoms with Gasteiger partial charge in [-0.1, -0.05) is 67.6 Å². The zero-order valence-electron chi connectivity index (χ0n) is 14.0. The lowest BCUT2D eigenvalue weighted by molar-refractivity contribution is -0.154. The van der Waals surface area contributed by atoms with Gasteiger partial charge >= 0.3 is 0 Å². The Labute approximate surface area is 142 Å². The third-order valence-corrected chi connectivity index (χ3v) is 6.19. The van der Waals surface area contributed by atoms with Gasteiger partial charge in [0, 0.05) is 11.3 Å². The molecule has 0 spiro atoms. The van der Waals surface area contributed by atoms with Crippen molar-refractivity contribution in [1.29, 1.82) is 0 Å². The van der Waals surface area contributed by atoms with Gasteiger partial charge in [-0.3, -0.25) is 9.59 Å². The van der Waals surface area contributed by atoms with Crippen molar-refractivity contribution in [2.45, 2.75) is 25.7 Å². The maximum Gasteiger partial charge on any atom is 0.163 e. The summed E-state index contributed by atoms with van der Waals surface area (Å²) in [4.78, 5) is 25.7. The van der Waals surface area contributed by atoms with Crippen LogP contribution in [0.3, 0.4) is 0 Å². The molecule has 2 nitrogen and oxygen atoms in total. The van der Waals surface area contributed by atoms with Gasteiger partial charge in [-0.2, -0.15) is 0 Å². The molecule has 120 valence electrons. The lowest BCUT2D eigenvalue weighted by Gasteiger charge is -2.63. The smallest absolute Gasteiger partial charge is 0.163 e. The van der Waals surface area contributed by atoms with Crippen molar-refractivity contribution >= 4 is 11.6 Å². The van der Waals surface area contributed by atoms with E-state index in [1.54, 1.807) is 13.0 Å². The molecule has 2 aliphatic carbocycles. The van der Waals surface area contributed by atoms with Crippen LogP contribution in [0.15, 0.2) is 72.3 Å². The minimum absolute atomic E-state index is 0.0727. The zero-order chi connectivity index (χ0) is 16.9. The fourth-order valence-electron chi connectivity index (χ4n) is 4.77. The van der Waals surface area contributed by atoms with E-state index in [1.165, 1.54) is 0 Å². The molecular weight excluding hydrogens is 296 g/mol. The molecule has 2 unspecified atom stereocenters. The number of carbonyl (C=O) groups excluding carboxylic acids is 2. The molecule has 1 fully saturated rings. The van der Waals surface area contributed by atoms with Crippen LogP contribution in [0, 0.1) is 11.3 Å². The van der Waals surface area contributed by atoms with Crippen molar-refractivity contribution in [1.82, 2.24) is 0 Å². The van der Waals surface area contributed by atoms with Gasteiger partial charge in [0.15, 0.2) is 11.6 Å². The molecule has 0 aromatic heterocycles. The first kappa shape index (κ1) is 15.1. The maximum absolute atomic E-state index is 13.1. The van der Waals surface area contributed by atoms with Gasteiger partial charge in [0.05, 0.1) is 5.41 Å². The van der Waals surface area contributed by atoms with Gasteiger partial charge in [0.1, 0.15) is 0 Å². The summed E-state index contributed by atoms with van der Waals surface area (Å²) in [7, 11) is 0. The Morgan fingerprint density at radius 1 is 0.875 bits per heavy atom. The number of hydrogen-bond donors (Lipinski definition) is 0. The van der Waals surface area contributed by atoms with Gasteiger partial charge in [0.25, 0.3) is 0 Å². The standard InChI is InChI=1S/C22H20O2/c1-15-13-19(23)21(2)18(20(15)24)14-22(21,16-9-5-3-6-10-16)17-11-7-4-8-12-17/h3-13,18H,14H2,1-2H3. The molecule has 0 amide bonds. The number of ketones is 2. The minimum atomic E-state index is -0.716. The van der Waals surface area contributed by atoms with Crippen molar-refractivity contribution in [2.75, 3.05) is 0 Å². The molecule has 0 bridgehead atoms. The van der Waals surface area contributed by atoms with Crippen molar-refractivity contribution in [2.24, 2.45) is 11.3 Å². The van der Waals surface area contributed by atoms with Crippen LogP contribution < -0.4 is 0 Å². The number of benzene rings is 2. The summed E-state index contributed by atoms with van der Waals surface area (Å²) >= 11 is 0. The highest BCUT2D eigenvalue weighted by Gasteiger charge is 2.70. The normalized spacial score (nSPS) is 27.9. The highest BCUT2D eigenvalue weighted by molar-refractivity contribution is 6.14. The Bertz CT molecular complexity index is 809. The van der Waals surface area contributed by atoms with Gasteiger partial charge in [0.2, 0.25) is 0 Å². The molecule has 0 saturated heterocycles. The SMILES string of the molecule is CC1=CC(=O)C2(C)C(CC2(c2ccccc2)c2ccccc2)C1=O. The average Bonchev–Trinajstić information content (AvgIpc) is 2.61. The summed E-state index contributed by atoms with van der Waals surface area (Å²) in [5.74, 6) is -0.0291. The second kappa shape index (κ2) is 5.01. The second-order valence-electron chi connectivity index (χ2n) is 7.15. The summed E-state index contributed by atoms with van der Waals surface area (Å²) in [6.45, 7) is 3.73. The zero-order valence-corrected chi connectivity index (χ0v) is 14.0. The Kier molecular flexibility index (Phi) is 3.14. The third kappa shape index (κ3) is 1.66. The number of hydrogen-bond acceptors (Lipinski definition) is 2. The van der Waals surface area contributed by atoms with Crippen molar-refractivity contribution in [3.05, 3.63) is 83.4 Å². The molecule has 2 heteroatoms. The Balaban J connectivity index is 1.98. The molecule has 0 N–H and O–H groups in total. The topological polar surface area (TPSA) is 34.1 Å². The third-order valence-electron chi connectivity index (χ3n) is 6.19. The van der Waals surface area contributed by atoms with Crippen molar-refractivity contribution in [3.8, 4) is 0 Å². The lowest BCUT2D eigenvalue weighted by atomic mass is 9.37. The molecule has 2 aliphatic rings. The van der Waals surface area contributed by atoms with Crippen LogP contribution in [0.1, 0.15) is 31.4 Å². The molecule has 2 atom stereocenters. The van der Waals surface area contributed by atoms with Crippen molar-refractivity contribution in [3.63, 3.8) is 0 Å². The first-order chi connectivity index (χ1) is 11.5. The van der Waals surface area contributed by atoms with Gasteiger partial charge in [-0.15, -0.1) is 0 Å². The summed E-state index contributed by atoms with van der Waals surface area (Å²) in [5.41, 5.74) is 1.67. The van der Waals surface area contributed by atoms with E-state index < -0.39 is 10.8 Å². The number of fused-ring (bicyclic) bond motifs is 1. The predicted octanol–water partition coefficient (Wildman–Crippen LogP) is 4.10. The first-order valence-electron chi connectivity index (χ1n) is 8.40. The monoisotopic (exact) mass is 316 g/mol. The van der Waals surface area contributed by atoms with E-state index in [1.807, 2.05) is 43.3 Å². The van der Waals surface area contributed by atoms with E-state index in [-0.39, 0.29) is 17.5 Å². The van der Waals surface area contributed by atoms with Crippen LogP contribution in [-0.2, 0) is 15.0 Å². The van der Waals surface area contributed by atoms with E-state index in [9.17, 15) is 9.59 Å². The summed E-state index contributed by atoms with van der Waals surface area (Å²) < 4.78 is 0. The van der Waals surface area contributed by atoms with E-state index in [0.29, 0.717) is 12.0 Å². The minimum Gasteiger partial charge on any atom is -0.294 e. The number of carbonyl (C=O) groups is 2. The number of rotatable bonds is 2. The molecule has 2 aromatic rings. The van der Waals surface area contributed by atoms with Gasteiger partial charge in [-0.05, 0) is 36.1 Å². The number of allylic oxidation sites excluding steroid dienone is 2. The van der Waals surface area contributed by atoms with E-state index in [4.69, 9.17) is 0 Å². The fourth-order valence-corrected chi connectivity index (χ4v) is 4.77. The summed E-state index contributed by atoms with van der Waals surface area (Å²) in [6, 6.07) is 20.3. The molecule has 4 rings (SSSR count). The van der Waals surface area contributed by atoms with Gasteiger partial charge < -0.3 is 0 Å². The van der Waals surface area contributed by atoms with E-state index in [2.05, 4.69) is 24.3 Å². The average molecular weight is 316 g/mol. The van der Waals surface area contributed by atoms with E-state index >= 15 is 0 Å². The fraction of sp³-hybridized carbons (Fsp3) is 0.273. The van der Waals surface area contributed by atoms with Crippen LogP contribution in [0.25, 0.3) is 0 Å². The quantitative estimate of drug-likeness (QED) is 0.836. The molecule has 0 aliphatic heterocycles. The first-order valence-corrected chi connectivity index (χ1v) is 8.40.